The first-order valence-electron chi connectivity index (χ1n) is 10.1. The predicted molar refractivity (Wildman–Crippen MR) is 126 cm³/mol. The molecule has 0 unspecified atom stereocenters. The Morgan fingerprint density at radius 3 is 2.50 bits per heavy atom. The van der Waals surface area contributed by atoms with E-state index >= 15 is 0 Å². The molecule has 0 aliphatic rings. The lowest BCUT2D eigenvalue weighted by Gasteiger charge is -2.12. The van der Waals surface area contributed by atoms with Crippen molar-refractivity contribution in [2.45, 2.75) is 13.5 Å². The summed E-state index contributed by atoms with van der Waals surface area (Å²) in [4.78, 5) is 34.6. The average Bonchev–Trinajstić information content (AvgIpc) is 2.83. The molecule has 2 amide bonds. The number of hydrazone groups is 1. The summed E-state index contributed by atoms with van der Waals surface area (Å²) in [6.45, 7) is 1.56. The van der Waals surface area contributed by atoms with Gasteiger partial charge in [-0.3, -0.25) is 19.7 Å². The van der Waals surface area contributed by atoms with Crippen molar-refractivity contribution >= 4 is 29.4 Å². The van der Waals surface area contributed by atoms with Crippen molar-refractivity contribution in [3.05, 3.63) is 93.5 Å². The summed E-state index contributed by atoms with van der Waals surface area (Å²) in [5.74, 6) is -0.347. The summed E-state index contributed by atoms with van der Waals surface area (Å²) in [6.07, 6.45) is 1.15. The smallest absolute Gasteiger partial charge is 0.282 e. The number of nitrogens with one attached hydrogen (secondary N) is 2. The van der Waals surface area contributed by atoms with Gasteiger partial charge in [0.25, 0.3) is 11.6 Å². The third kappa shape index (κ3) is 6.39. The Hall–Kier alpha value is -4.73. The Bertz CT molecular complexity index is 1230. The van der Waals surface area contributed by atoms with Gasteiger partial charge >= 0.3 is 0 Å². The van der Waals surface area contributed by atoms with E-state index in [0.717, 1.165) is 11.8 Å². The molecule has 0 aliphatic carbocycles. The van der Waals surface area contributed by atoms with Crippen molar-refractivity contribution in [3.63, 3.8) is 0 Å². The highest BCUT2D eigenvalue weighted by atomic mass is 16.6. The Balaban J connectivity index is 1.77. The molecule has 3 aromatic rings. The SMILES string of the molecule is COc1cc(/C=N\NC(=O)c2cccc(NC(C)=O)c2)c([N+](=O)[O-])cc1OCc1ccccc1. The predicted octanol–water partition coefficient (Wildman–Crippen LogP) is 3.90. The molecular formula is C24H22N4O6. The van der Waals surface area contributed by atoms with Crippen LogP contribution in [0.25, 0.3) is 0 Å². The zero-order valence-electron chi connectivity index (χ0n) is 18.5. The zero-order valence-corrected chi connectivity index (χ0v) is 18.5. The molecule has 0 bridgehead atoms. The molecule has 0 aliphatic heterocycles. The molecule has 34 heavy (non-hydrogen) atoms. The normalized spacial score (nSPS) is 10.5. The number of anilines is 1. The van der Waals surface area contributed by atoms with Crippen LogP contribution in [0.4, 0.5) is 11.4 Å². The Labute approximate surface area is 195 Å². The monoisotopic (exact) mass is 462 g/mol. The number of nitro groups is 1. The summed E-state index contributed by atoms with van der Waals surface area (Å²) in [7, 11) is 1.42. The van der Waals surface area contributed by atoms with E-state index in [1.807, 2.05) is 30.3 Å². The number of carbonyl (C=O) groups is 2. The molecule has 3 aromatic carbocycles. The van der Waals surface area contributed by atoms with Gasteiger partial charge in [-0.1, -0.05) is 36.4 Å². The molecule has 0 fully saturated rings. The summed E-state index contributed by atoms with van der Waals surface area (Å²) in [6, 6.07) is 18.3. The molecule has 0 saturated heterocycles. The molecule has 3 rings (SSSR count). The molecule has 0 heterocycles. The van der Waals surface area contributed by atoms with Crippen LogP contribution in [0.15, 0.2) is 71.8 Å². The first-order chi connectivity index (χ1) is 16.4. The van der Waals surface area contributed by atoms with Gasteiger partial charge in [0, 0.05) is 18.2 Å². The molecule has 0 spiro atoms. The molecule has 0 aromatic heterocycles. The van der Waals surface area contributed by atoms with E-state index in [4.69, 9.17) is 9.47 Å². The van der Waals surface area contributed by atoms with E-state index in [0.29, 0.717) is 5.69 Å². The number of hydrogen-bond donors (Lipinski definition) is 2. The molecule has 0 atom stereocenters. The van der Waals surface area contributed by atoms with Crippen LogP contribution < -0.4 is 20.2 Å². The third-order valence-electron chi connectivity index (χ3n) is 4.56. The van der Waals surface area contributed by atoms with Gasteiger partial charge in [0.1, 0.15) is 6.61 Å². The van der Waals surface area contributed by atoms with Crippen molar-refractivity contribution in [3.8, 4) is 11.5 Å². The number of amides is 2. The van der Waals surface area contributed by atoms with Gasteiger partial charge in [-0.05, 0) is 29.8 Å². The van der Waals surface area contributed by atoms with Crippen LogP contribution in [-0.2, 0) is 11.4 Å². The zero-order chi connectivity index (χ0) is 24.5. The van der Waals surface area contributed by atoms with Gasteiger partial charge < -0.3 is 14.8 Å². The largest absolute Gasteiger partial charge is 0.493 e. The number of hydrogen-bond acceptors (Lipinski definition) is 7. The number of benzene rings is 3. The lowest BCUT2D eigenvalue weighted by atomic mass is 10.1. The van der Waals surface area contributed by atoms with E-state index in [1.165, 1.54) is 32.2 Å². The maximum absolute atomic E-state index is 12.4. The highest BCUT2D eigenvalue weighted by molar-refractivity contribution is 5.97. The van der Waals surface area contributed by atoms with E-state index in [-0.39, 0.29) is 40.8 Å². The number of rotatable bonds is 9. The maximum atomic E-state index is 12.4. The van der Waals surface area contributed by atoms with E-state index in [2.05, 4.69) is 15.8 Å². The third-order valence-corrected chi connectivity index (χ3v) is 4.56. The van der Waals surface area contributed by atoms with Crippen LogP contribution in [0.5, 0.6) is 11.5 Å². The average molecular weight is 462 g/mol. The van der Waals surface area contributed by atoms with Crippen molar-refractivity contribution in [1.82, 2.24) is 5.43 Å². The van der Waals surface area contributed by atoms with E-state index < -0.39 is 10.8 Å². The van der Waals surface area contributed by atoms with Crippen molar-refractivity contribution < 1.29 is 24.0 Å². The molecule has 10 heteroatoms. The standard InChI is InChI=1S/C24H22N4O6/c1-16(29)26-20-10-6-9-18(11-20)24(30)27-25-14-19-12-22(33-2)23(13-21(19)28(31)32)34-15-17-7-4-3-5-8-17/h3-14H,15H2,1-2H3,(H,26,29)(H,27,30)/b25-14-. The van der Waals surface area contributed by atoms with Gasteiger partial charge in [0.2, 0.25) is 5.91 Å². The van der Waals surface area contributed by atoms with E-state index in [9.17, 15) is 19.7 Å². The van der Waals surface area contributed by atoms with Gasteiger partial charge in [-0.25, -0.2) is 5.43 Å². The molecule has 0 saturated carbocycles. The number of carbonyl (C=O) groups excluding carboxylic acids is 2. The van der Waals surface area contributed by atoms with Crippen LogP contribution in [0.2, 0.25) is 0 Å². The lowest BCUT2D eigenvalue weighted by molar-refractivity contribution is -0.385. The molecule has 2 N–H and O–H groups in total. The first kappa shape index (κ1) is 23.9. The highest BCUT2D eigenvalue weighted by Gasteiger charge is 2.19. The fourth-order valence-electron chi connectivity index (χ4n) is 3.00. The number of methoxy groups -OCH3 is 1. The maximum Gasteiger partial charge on any atom is 0.282 e. The fourth-order valence-corrected chi connectivity index (χ4v) is 3.00. The lowest BCUT2D eigenvalue weighted by Crippen LogP contribution is -2.18. The van der Waals surface area contributed by atoms with Gasteiger partial charge in [-0.2, -0.15) is 5.10 Å². The summed E-state index contributed by atoms with van der Waals surface area (Å²) >= 11 is 0. The number of nitro benzene ring substituents is 1. The second kappa shape index (κ2) is 11.2. The van der Waals surface area contributed by atoms with Crippen LogP contribution >= 0.6 is 0 Å². The number of ether oxygens (including phenoxy) is 2. The highest BCUT2D eigenvalue weighted by Crippen LogP contribution is 2.34. The van der Waals surface area contributed by atoms with Crippen LogP contribution in [0.1, 0.15) is 28.4 Å². The summed E-state index contributed by atoms with van der Waals surface area (Å²) in [5, 5.41) is 18.0. The van der Waals surface area contributed by atoms with Gasteiger partial charge in [0.05, 0.1) is 29.9 Å². The van der Waals surface area contributed by atoms with Crippen molar-refractivity contribution in [2.75, 3.05) is 12.4 Å². The Morgan fingerprint density at radius 1 is 1.06 bits per heavy atom. The molecular weight excluding hydrogens is 440 g/mol. The second-order valence-electron chi connectivity index (χ2n) is 7.05. The minimum atomic E-state index is -0.575. The van der Waals surface area contributed by atoms with Gasteiger partial charge in [0.15, 0.2) is 11.5 Å². The Kier molecular flexibility index (Phi) is 7.90. The molecule has 10 nitrogen and oxygen atoms in total. The van der Waals surface area contributed by atoms with Crippen molar-refractivity contribution in [2.24, 2.45) is 5.10 Å². The summed E-state index contributed by atoms with van der Waals surface area (Å²) in [5.41, 5.74) is 3.76. The van der Waals surface area contributed by atoms with E-state index in [1.54, 1.807) is 18.2 Å². The van der Waals surface area contributed by atoms with Crippen LogP contribution in [0.3, 0.4) is 0 Å². The summed E-state index contributed by atoms with van der Waals surface area (Å²) < 4.78 is 11.0. The minimum absolute atomic E-state index is 0.112. The second-order valence-corrected chi connectivity index (χ2v) is 7.05. The molecule has 0 radical (unpaired) electrons. The number of nitrogens with zero attached hydrogens (tertiary/aromatic N) is 2. The Morgan fingerprint density at radius 2 is 1.82 bits per heavy atom. The van der Waals surface area contributed by atoms with Crippen molar-refractivity contribution in [1.29, 1.82) is 0 Å². The first-order valence-corrected chi connectivity index (χ1v) is 10.1. The topological polar surface area (TPSA) is 132 Å². The minimum Gasteiger partial charge on any atom is -0.493 e. The fraction of sp³-hybridized carbons (Fsp3) is 0.125. The van der Waals surface area contributed by atoms with Crippen LogP contribution in [-0.4, -0.2) is 30.1 Å². The van der Waals surface area contributed by atoms with Crippen LogP contribution in [0, 0.1) is 10.1 Å². The quantitative estimate of drug-likeness (QED) is 0.282. The van der Waals surface area contributed by atoms with Gasteiger partial charge in [-0.15, -0.1) is 0 Å². The molecule has 174 valence electrons.